The molecule has 0 fully saturated rings. The van der Waals surface area contributed by atoms with Crippen molar-refractivity contribution in [1.82, 2.24) is 0 Å². The molecule has 0 aliphatic heterocycles. The van der Waals surface area contributed by atoms with Crippen molar-refractivity contribution in [3.63, 3.8) is 0 Å². The summed E-state index contributed by atoms with van der Waals surface area (Å²) in [6, 6.07) is 7.49. The summed E-state index contributed by atoms with van der Waals surface area (Å²) in [5.74, 6) is 0.391. The molecule has 1 rings (SSSR count). The normalized spacial score (nSPS) is 11.5. The van der Waals surface area contributed by atoms with Crippen LogP contribution >= 0.6 is 0 Å². The highest BCUT2D eigenvalue weighted by molar-refractivity contribution is 5.87. The lowest BCUT2D eigenvalue weighted by molar-refractivity contribution is -0.154. The van der Waals surface area contributed by atoms with Crippen LogP contribution < -0.4 is 4.74 Å². The number of esters is 2. The highest BCUT2D eigenvalue weighted by Crippen LogP contribution is 2.21. The number of hydrogen-bond donors (Lipinski definition) is 0. The second-order valence-corrected chi connectivity index (χ2v) is 8.48. The SMILES string of the molecule is CCC(C)(C)C(=O)OCCCCCCCCCCOC(=O)/C=C/c1ccc(OC)cc1. The number of carbonyl (C=O) groups excluding carboxylic acids is 2. The fraction of sp³-hybridized carbons (Fsp3) is 0.615. The van der Waals surface area contributed by atoms with Gasteiger partial charge in [0.1, 0.15) is 5.75 Å². The van der Waals surface area contributed by atoms with Crippen LogP contribution in [0.25, 0.3) is 6.08 Å². The topological polar surface area (TPSA) is 61.8 Å². The first-order chi connectivity index (χ1) is 14.9. The molecule has 31 heavy (non-hydrogen) atoms. The summed E-state index contributed by atoms with van der Waals surface area (Å²) in [4.78, 5) is 23.6. The minimum Gasteiger partial charge on any atom is -0.497 e. The highest BCUT2D eigenvalue weighted by Gasteiger charge is 2.26. The summed E-state index contributed by atoms with van der Waals surface area (Å²) in [5.41, 5.74) is 0.557. The minimum absolute atomic E-state index is 0.0908. The molecular formula is C26H40O5. The van der Waals surface area contributed by atoms with Gasteiger partial charge in [-0.1, -0.05) is 57.6 Å². The Balaban J connectivity index is 1.94. The van der Waals surface area contributed by atoms with Gasteiger partial charge < -0.3 is 14.2 Å². The van der Waals surface area contributed by atoms with Crippen LogP contribution in [0, 0.1) is 5.41 Å². The fourth-order valence-corrected chi connectivity index (χ4v) is 2.87. The van der Waals surface area contributed by atoms with E-state index in [1.54, 1.807) is 13.2 Å². The Morgan fingerprint density at radius 3 is 1.87 bits per heavy atom. The Hall–Kier alpha value is -2.30. The van der Waals surface area contributed by atoms with Crippen molar-refractivity contribution in [3.05, 3.63) is 35.9 Å². The van der Waals surface area contributed by atoms with Gasteiger partial charge in [-0.05, 0) is 56.9 Å². The van der Waals surface area contributed by atoms with Gasteiger partial charge in [0.15, 0.2) is 0 Å². The maximum Gasteiger partial charge on any atom is 0.330 e. The van der Waals surface area contributed by atoms with Crippen LogP contribution in [0.3, 0.4) is 0 Å². The van der Waals surface area contributed by atoms with Gasteiger partial charge in [0, 0.05) is 6.08 Å². The molecule has 1 aromatic carbocycles. The molecule has 0 unspecified atom stereocenters. The minimum atomic E-state index is -0.374. The van der Waals surface area contributed by atoms with Crippen LogP contribution in [-0.4, -0.2) is 32.3 Å². The van der Waals surface area contributed by atoms with Crippen molar-refractivity contribution < 1.29 is 23.8 Å². The first-order valence-corrected chi connectivity index (χ1v) is 11.5. The zero-order chi connectivity index (χ0) is 23.0. The number of hydrogen-bond acceptors (Lipinski definition) is 5. The lowest BCUT2D eigenvalue weighted by atomic mass is 9.91. The average Bonchev–Trinajstić information content (AvgIpc) is 2.78. The van der Waals surface area contributed by atoms with Crippen molar-refractivity contribution >= 4 is 18.0 Å². The largest absolute Gasteiger partial charge is 0.497 e. The summed E-state index contributed by atoms with van der Waals surface area (Å²) in [7, 11) is 1.62. The molecule has 5 heteroatoms. The third-order valence-corrected chi connectivity index (χ3v) is 5.48. The second kappa shape index (κ2) is 15.5. The Morgan fingerprint density at radius 1 is 0.839 bits per heavy atom. The third kappa shape index (κ3) is 12.2. The molecule has 0 aliphatic carbocycles. The molecule has 5 nitrogen and oxygen atoms in total. The molecule has 174 valence electrons. The molecule has 0 atom stereocenters. The van der Waals surface area contributed by atoms with Crippen LogP contribution in [0.15, 0.2) is 30.3 Å². The smallest absolute Gasteiger partial charge is 0.330 e. The molecule has 0 saturated heterocycles. The molecule has 0 saturated carbocycles. The summed E-state index contributed by atoms with van der Waals surface area (Å²) in [6.45, 7) is 6.85. The van der Waals surface area contributed by atoms with Crippen molar-refractivity contribution in [2.45, 2.75) is 78.6 Å². The van der Waals surface area contributed by atoms with Crippen LogP contribution in [0.1, 0.15) is 84.1 Å². The number of ether oxygens (including phenoxy) is 3. The number of unbranched alkanes of at least 4 members (excludes halogenated alkanes) is 7. The fourth-order valence-electron chi connectivity index (χ4n) is 2.87. The maximum absolute atomic E-state index is 11.9. The number of rotatable bonds is 16. The van der Waals surface area contributed by atoms with E-state index in [2.05, 4.69) is 0 Å². The van der Waals surface area contributed by atoms with Crippen LogP contribution in [0.2, 0.25) is 0 Å². The molecule has 0 aliphatic rings. The van der Waals surface area contributed by atoms with E-state index in [1.165, 1.54) is 25.3 Å². The molecule has 0 amide bonds. The van der Waals surface area contributed by atoms with E-state index in [9.17, 15) is 9.59 Å². The highest BCUT2D eigenvalue weighted by atomic mass is 16.5. The first-order valence-electron chi connectivity index (χ1n) is 11.5. The Bertz CT molecular complexity index is 661. The zero-order valence-electron chi connectivity index (χ0n) is 19.8. The van der Waals surface area contributed by atoms with Crippen molar-refractivity contribution in [2.75, 3.05) is 20.3 Å². The Morgan fingerprint density at radius 2 is 1.35 bits per heavy atom. The number of benzene rings is 1. The van der Waals surface area contributed by atoms with Gasteiger partial charge in [0.2, 0.25) is 0 Å². The average molecular weight is 433 g/mol. The van der Waals surface area contributed by atoms with E-state index in [4.69, 9.17) is 14.2 Å². The Labute approximate surface area is 188 Å². The van der Waals surface area contributed by atoms with Gasteiger partial charge in [-0.15, -0.1) is 0 Å². The molecule has 0 aromatic heterocycles. The zero-order valence-corrected chi connectivity index (χ0v) is 19.8. The molecule has 0 bridgehead atoms. The van der Waals surface area contributed by atoms with Crippen molar-refractivity contribution in [2.24, 2.45) is 5.41 Å². The van der Waals surface area contributed by atoms with Crippen molar-refractivity contribution in [3.8, 4) is 5.75 Å². The van der Waals surface area contributed by atoms with Crippen molar-refractivity contribution in [1.29, 1.82) is 0 Å². The quantitative estimate of drug-likeness (QED) is 0.173. The first kappa shape index (κ1) is 26.7. The van der Waals surface area contributed by atoms with Gasteiger partial charge in [0.05, 0.1) is 25.7 Å². The van der Waals surface area contributed by atoms with E-state index >= 15 is 0 Å². The van der Waals surface area contributed by atoms with Crippen LogP contribution in [0.5, 0.6) is 5.75 Å². The molecule has 0 radical (unpaired) electrons. The Kier molecular flexibility index (Phi) is 13.4. The van der Waals surface area contributed by atoms with E-state index in [0.29, 0.717) is 13.2 Å². The third-order valence-electron chi connectivity index (χ3n) is 5.48. The van der Waals surface area contributed by atoms with E-state index in [1.807, 2.05) is 45.0 Å². The lowest BCUT2D eigenvalue weighted by Crippen LogP contribution is -2.26. The van der Waals surface area contributed by atoms with E-state index in [0.717, 1.165) is 49.8 Å². The summed E-state index contributed by atoms with van der Waals surface area (Å²) >= 11 is 0. The predicted molar refractivity (Wildman–Crippen MR) is 125 cm³/mol. The van der Waals surface area contributed by atoms with Gasteiger partial charge in [0.25, 0.3) is 0 Å². The summed E-state index contributed by atoms with van der Waals surface area (Å²) in [5, 5.41) is 0. The van der Waals surface area contributed by atoms with E-state index < -0.39 is 0 Å². The molecule has 1 aromatic rings. The van der Waals surface area contributed by atoms with Crippen LogP contribution in [-0.2, 0) is 19.1 Å². The van der Waals surface area contributed by atoms with E-state index in [-0.39, 0.29) is 17.4 Å². The van der Waals surface area contributed by atoms with Gasteiger partial charge in [-0.3, -0.25) is 4.79 Å². The van der Waals surface area contributed by atoms with Gasteiger partial charge in [-0.2, -0.15) is 0 Å². The number of methoxy groups -OCH3 is 1. The predicted octanol–water partition coefficient (Wildman–Crippen LogP) is 6.35. The molecule has 0 N–H and O–H groups in total. The number of carbonyl (C=O) groups is 2. The maximum atomic E-state index is 11.9. The molecular weight excluding hydrogens is 392 g/mol. The second-order valence-electron chi connectivity index (χ2n) is 8.48. The molecule has 0 heterocycles. The van der Waals surface area contributed by atoms with Gasteiger partial charge >= 0.3 is 11.9 Å². The summed E-state index contributed by atoms with van der Waals surface area (Å²) < 4.78 is 15.7. The van der Waals surface area contributed by atoms with Gasteiger partial charge in [-0.25, -0.2) is 4.79 Å². The standard InChI is InChI=1S/C26H40O5/c1-5-26(2,3)25(28)31-21-13-11-9-7-6-8-10-12-20-30-24(27)19-16-22-14-17-23(29-4)18-15-22/h14-19H,5-13,20-21H2,1-4H3/b19-16+. The lowest BCUT2D eigenvalue weighted by Gasteiger charge is -2.20. The van der Waals surface area contributed by atoms with Crippen LogP contribution in [0.4, 0.5) is 0 Å². The monoisotopic (exact) mass is 432 g/mol. The molecule has 0 spiro atoms. The summed E-state index contributed by atoms with van der Waals surface area (Å²) in [6.07, 6.45) is 12.7.